The van der Waals surface area contributed by atoms with Gasteiger partial charge in [0.2, 0.25) is 5.91 Å². The molecule has 170 valence electrons. The molecule has 1 fully saturated rings. The van der Waals surface area contributed by atoms with Crippen LogP contribution in [-0.2, 0) is 4.79 Å². The molecule has 0 aliphatic carbocycles. The Morgan fingerprint density at radius 2 is 1.48 bits per heavy atom. The van der Waals surface area contributed by atoms with Crippen LogP contribution in [0, 0.1) is 11.7 Å². The van der Waals surface area contributed by atoms with E-state index >= 15 is 0 Å². The van der Waals surface area contributed by atoms with Crippen LogP contribution in [0.2, 0.25) is 0 Å². The van der Waals surface area contributed by atoms with Gasteiger partial charge in [-0.05, 0) is 73.9 Å². The summed E-state index contributed by atoms with van der Waals surface area (Å²) in [5.74, 6) is -0.654. The number of likely N-dealkylation sites (tertiary alicyclic amines) is 1. The van der Waals surface area contributed by atoms with E-state index in [1.54, 1.807) is 4.90 Å². The number of hydrogen-bond donors (Lipinski definition) is 2. The van der Waals surface area contributed by atoms with Gasteiger partial charge in [0.1, 0.15) is 5.82 Å². The molecular formula is C27H28FN3O2. The Balaban J connectivity index is 1.26. The highest BCUT2D eigenvalue weighted by atomic mass is 19.1. The highest BCUT2D eigenvalue weighted by Crippen LogP contribution is 2.23. The second kappa shape index (κ2) is 10.3. The molecule has 1 saturated heterocycles. The predicted molar refractivity (Wildman–Crippen MR) is 129 cm³/mol. The first-order valence-electron chi connectivity index (χ1n) is 11.3. The molecule has 33 heavy (non-hydrogen) atoms. The van der Waals surface area contributed by atoms with Gasteiger partial charge in [0, 0.05) is 42.0 Å². The number of amides is 2. The lowest BCUT2D eigenvalue weighted by Gasteiger charge is -2.31. The van der Waals surface area contributed by atoms with E-state index in [4.69, 9.17) is 0 Å². The zero-order chi connectivity index (χ0) is 23.2. The molecule has 0 aromatic heterocycles. The average Bonchev–Trinajstić information content (AvgIpc) is 2.86. The van der Waals surface area contributed by atoms with Crippen LogP contribution in [0.25, 0.3) is 0 Å². The Labute approximate surface area is 193 Å². The van der Waals surface area contributed by atoms with Crippen LogP contribution in [0.4, 0.5) is 15.8 Å². The fourth-order valence-corrected chi connectivity index (χ4v) is 4.09. The highest BCUT2D eigenvalue weighted by molar-refractivity contribution is 5.95. The van der Waals surface area contributed by atoms with E-state index in [1.165, 1.54) is 29.8 Å². The Morgan fingerprint density at radius 3 is 2.12 bits per heavy atom. The van der Waals surface area contributed by atoms with Gasteiger partial charge in [-0.25, -0.2) is 4.39 Å². The largest absolute Gasteiger partial charge is 0.379 e. The smallest absolute Gasteiger partial charge is 0.253 e. The maximum absolute atomic E-state index is 13.1. The molecule has 0 radical (unpaired) electrons. The van der Waals surface area contributed by atoms with E-state index < -0.39 is 0 Å². The Morgan fingerprint density at radius 1 is 0.879 bits per heavy atom. The summed E-state index contributed by atoms with van der Waals surface area (Å²) >= 11 is 0. The van der Waals surface area contributed by atoms with Crippen LogP contribution in [0.1, 0.15) is 41.7 Å². The molecule has 0 bridgehead atoms. The Hall–Kier alpha value is -3.67. The van der Waals surface area contributed by atoms with Crippen LogP contribution in [-0.4, -0.2) is 29.8 Å². The number of nitrogens with one attached hydrogen (secondary N) is 2. The van der Waals surface area contributed by atoms with Gasteiger partial charge in [-0.1, -0.05) is 30.3 Å². The molecule has 0 spiro atoms. The molecule has 6 heteroatoms. The van der Waals surface area contributed by atoms with Crippen molar-refractivity contribution in [3.63, 3.8) is 0 Å². The summed E-state index contributed by atoms with van der Waals surface area (Å²) in [5, 5.41) is 6.46. The van der Waals surface area contributed by atoms with Gasteiger partial charge in [-0.15, -0.1) is 0 Å². The van der Waals surface area contributed by atoms with Crippen LogP contribution in [0.3, 0.4) is 0 Å². The number of halogens is 1. The third-order valence-electron chi connectivity index (χ3n) is 6.08. The van der Waals surface area contributed by atoms with Crippen molar-refractivity contribution in [2.24, 2.45) is 5.92 Å². The molecule has 1 atom stereocenters. The summed E-state index contributed by atoms with van der Waals surface area (Å²) in [4.78, 5) is 27.0. The molecule has 4 rings (SSSR count). The number of piperidine rings is 1. The quantitative estimate of drug-likeness (QED) is 0.527. The molecule has 3 aromatic carbocycles. The predicted octanol–water partition coefficient (Wildman–Crippen LogP) is 5.49. The van der Waals surface area contributed by atoms with Crippen LogP contribution >= 0.6 is 0 Å². The summed E-state index contributed by atoms with van der Waals surface area (Å²) in [7, 11) is 0. The maximum Gasteiger partial charge on any atom is 0.253 e. The third kappa shape index (κ3) is 5.77. The average molecular weight is 446 g/mol. The fraction of sp³-hybridized carbons (Fsp3) is 0.259. The Bertz CT molecular complexity index is 1080. The minimum atomic E-state index is -0.364. The van der Waals surface area contributed by atoms with Crippen molar-refractivity contribution in [1.82, 2.24) is 4.90 Å². The van der Waals surface area contributed by atoms with Gasteiger partial charge in [0.15, 0.2) is 0 Å². The molecule has 1 aliphatic rings. The number of anilines is 2. The summed E-state index contributed by atoms with van der Waals surface area (Å²) < 4.78 is 13.1. The molecule has 2 amide bonds. The number of carbonyl (C=O) groups is 2. The monoisotopic (exact) mass is 445 g/mol. The molecule has 1 unspecified atom stereocenters. The van der Waals surface area contributed by atoms with Crippen LogP contribution in [0.5, 0.6) is 0 Å². The third-order valence-corrected chi connectivity index (χ3v) is 6.08. The van der Waals surface area contributed by atoms with E-state index in [0.717, 1.165) is 11.4 Å². The molecule has 3 aromatic rings. The van der Waals surface area contributed by atoms with Gasteiger partial charge in [0.05, 0.1) is 0 Å². The minimum absolute atomic E-state index is 0.0257. The van der Waals surface area contributed by atoms with Crippen molar-refractivity contribution in [3.8, 4) is 0 Å². The lowest BCUT2D eigenvalue weighted by molar-refractivity contribution is -0.121. The van der Waals surface area contributed by atoms with Crippen molar-refractivity contribution in [3.05, 3.63) is 95.8 Å². The normalized spacial score (nSPS) is 15.0. The molecule has 2 N–H and O–H groups in total. The first kappa shape index (κ1) is 22.5. The summed E-state index contributed by atoms with van der Waals surface area (Å²) in [6.45, 7) is 3.13. The lowest BCUT2D eigenvalue weighted by atomic mass is 9.95. The Kier molecular flexibility index (Phi) is 7.03. The van der Waals surface area contributed by atoms with E-state index in [-0.39, 0.29) is 29.6 Å². The zero-order valence-corrected chi connectivity index (χ0v) is 18.6. The maximum atomic E-state index is 13.1. The highest BCUT2D eigenvalue weighted by Gasteiger charge is 2.28. The van der Waals surface area contributed by atoms with Crippen LogP contribution < -0.4 is 10.6 Å². The second-order valence-corrected chi connectivity index (χ2v) is 8.42. The topological polar surface area (TPSA) is 61.4 Å². The van der Waals surface area contributed by atoms with Gasteiger partial charge in [0.25, 0.3) is 5.91 Å². The van der Waals surface area contributed by atoms with Gasteiger partial charge < -0.3 is 15.5 Å². The van der Waals surface area contributed by atoms with Crippen molar-refractivity contribution in [2.75, 3.05) is 23.7 Å². The number of hydrogen-bond acceptors (Lipinski definition) is 3. The summed E-state index contributed by atoms with van der Waals surface area (Å²) in [6, 6.07) is 23.7. The van der Waals surface area contributed by atoms with E-state index in [1.807, 2.05) is 42.5 Å². The van der Waals surface area contributed by atoms with Crippen LogP contribution in [0.15, 0.2) is 78.9 Å². The van der Waals surface area contributed by atoms with Gasteiger partial charge in [-0.2, -0.15) is 0 Å². The first-order valence-corrected chi connectivity index (χ1v) is 11.3. The number of carbonyl (C=O) groups excluding carboxylic acids is 2. The van der Waals surface area contributed by atoms with Crippen molar-refractivity contribution >= 4 is 23.2 Å². The fourth-order valence-electron chi connectivity index (χ4n) is 4.09. The molecule has 5 nitrogen and oxygen atoms in total. The standard InChI is InChI=1S/C27H28FN3O2/c1-19(20-5-3-2-4-6-20)29-24-11-13-25(14-12-24)30-26(32)21-15-17-31(18-16-21)27(33)22-7-9-23(28)10-8-22/h2-14,19,21,29H,15-18H2,1H3,(H,30,32). The van der Waals surface area contributed by atoms with Crippen molar-refractivity contribution in [1.29, 1.82) is 0 Å². The summed E-state index contributed by atoms with van der Waals surface area (Å²) in [6.07, 6.45) is 1.21. The molecule has 1 heterocycles. The second-order valence-electron chi connectivity index (χ2n) is 8.42. The SMILES string of the molecule is CC(Nc1ccc(NC(=O)C2CCN(C(=O)c3ccc(F)cc3)CC2)cc1)c1ccccc1. The summed E-state index contributed by atoms with van der Waals surface area (Å²) in [5.41, 5.74) is 3.41. The lowest BCUT2D eigenvalue weighted by Crippen LogP contribution is -2.41. The molecule has 0 saturated carbocycles. The number of nitrogens with zero attached hydrogens (tertiary/aromatic N) is 1. The number of rotatable bonds is 6. The van der Waals surface area contributed by atoms with E-state index in [0.29, 0.717) is 31.5 Å². The first-order chi connectivity index (χ1) is 16.0. The van der Waals surface area contributed by atoms with Crippen molar-refractivity contribution < 1.29 is 14.0 Å². The number of benzene rings is 3. The van der Waals surface area contributed by atoms with Gasteiger partial charge >= 0.3 is 0 Å². The minimum Gasteiger partial charge on any atom is -0.379 e. The van der Waals surface area contributed by atoms with Crippen molar-refractivity contribution in [2.45, 2.75) is 25.8 Å². The van der Waals surface area contributed by atoms with E-state index in [2.05, 4.69) is 29.7 Å². The zero-order valence-electron chi connectivity index (χ0n) is 18.6. The van der Waals surface area contributed by atoms with Gasteiger partial charge in [-0.3, -0.25) is 9.59 Å². The van der Waals surface area contributed by atoms with E-state index in [9.17, 15) is 14.0 Å². The molecule has 1 aliphatic heterocycles. The molecular weight excluding hydrogens is 417 g/mol.